The maximum atomic E-state index is 12.1. The van der Waals surface area contributed by atoms with Gasteiger partial charge in [0, 0.05) is 21.3 Å². The van der Waals surface area contributed by atoms with Gasteiger partial charge in [-0.3, -0.25) is 4.79 Å². The quantitative estimate of drug-likeness (QED) is 0.303. The van der Waals surface area contributed by atoms with Gasteiger partial charge in [-0.1, -0.05) is 29.3 Å². The first kappa shape index (κ1) is 24.6. The molecule has 0 fully saturated rings. The van der Waals surface area contributed by atoms with Crippen LogP contribution >= 0.6 is 23.2 Å². The van der Waals surface area contributed by atoms with Crippen LogP contribution in [-0.4, -0.2) is 17.7 Å². The van der Waals surface area contributed by atoms with Gasteiger partial charge in [0.15, 0.2) is 6.54 Å². The summed E-state index contributed by atoms with van der Waals surface area (Å²) in [5.41, 5.74) is 1.57. The summed E-state index contributed by atoms with van der Waals surface area (Å²) in [5, 5.41) is 4.02. The average molecular weight is 478 g/mol. The van der Waals surface area contributed by atoms with Crippen molar-refractivity contribution in [1.29, 1.82) is 0 Å². The molecule has 0 spiro atoms. The molecule has 0 aliphatic heterocycles. The summed E-state index contributed by atoms with van der Waals surface area (Å²) in [6, 6.07) is 12.5. The first-order valence-corrected chi connectivity index (χ1v) is 9.60. The van der Waals surface area contributed by atoms with Gasteiger partial charge in [0.25, 0.3) is 5.91 Å². The van der Waals surface area contributed by atoms with E-state index >= 15 is 0 Å². The highest BCUT2D eigenvalue weighted by molar-refractivity contribution is 6.50. The van der Waals surface area contributed by atoms with Crippen LogP contribution < -0.4 is 14.6 Å². The highest BCUT2D eigenvalue weighted by atomic mass is 35.5. The predicted molar refractivity (Wildman–Crippen MR) is 112 cm³/mol. The number of ether oxygens (including phenoxy) is 1. The van der Waals surface area contributed by atoms with E-state index in [0.29, 0.717) is 28.1 Å². The number of halogens is 6. The highest BCUT2D eigenvalue weighted by Gasteiger charge is 2.20. The minimum atomic E-state index is -6.00. The minimum absolute atomic E-state index is 0.0946. The summed E-state index contributed by atoms with van der Waals surface area (Å²) in [7, 11) is -4.09. The number of carbonyl (C=O) groups is 1. The van der Waals surface area contributed by atoms with Gasteiger partial charge in [-0.05, 0) is 36.4 Å². The number of hydrogen-bond acceptors (Lipinski definition) is 2. The van der Waals surface area contributed by atoms with Gasteiger partial charge >= 0.3 is 7.25 Å². The Balaban J connectivity index is 0.000000614. The zero-order valence-electron chi connectivity index (χ0n) is 16.2. The van der Waals surface area contributed by atoms with Crippen molar-refractivity contribution in [2.45, 2.75) is 13.2 Å². The molecule has 12 heteroatoms. The Bertz CT molecular complexity index is 1010. The van der Waals surface area contributed by atoms with E-state index in [0.717, 1.165) is 5.56 Å². The Morgan fingerprint density at radius 2 is 1.77 bits per heavy atom. The summed E-state index contributed by atoms with van der Waals surface area (Å²) < 4.78 is 48.4. The molecular weight excluding hydrogens is 460 g/mol. The van der Waals surface area contributed by atoms with E-state index in [-0.39, 0.29) is 12.5 Å². The SMILES string of the molecule is C[n+]1ccn(CC(=O)Nc2ccc(OCc3ccc(Cl)cc3Cl)cc2)c1.F[B-](F)(F)F. The molecule has 1 aromatic heterocycles. The second-order valence-corrected chi connectivity index (χ2v) is 7.19. The van der Waals surface area contributed by atoms with Gasteiger partial charge < -0.3 is 27.3 Å². The van der Waals surface area contributed by atoms with Crippen molar-refractivity contribution in [1.82, 2.24) is 4.57 Å². The molecule has 5 nitrogen and oxygen atoms in total. The van der Waals surface area contributed by atoms with Crippen molar-refractivity contribution in [3.8, 4) is 5.75 Å². The largest absolute Gasteiger partial charge is 0.673 e. The van der Waals surface area contributed by atoms with Crippen LogP contribution in [0.3, 0.4) is 0 Å². The molecule has 1 N–H and O–H groups in total. The average Bonchev–Trinajstić information content (AvgIpc) is 3.05. The fourth-order valence-electron chi connectivity index (χ4n) is 2.40. The molecule has 0 bridgehead atoms. The van der Waals surface area contributed by atoms with Gasteiger partial charge in [0.1, 0.15) is 24.8 Å². The third kappa shape index (κ3) is 9.76. The lowest BCUT2D eigenvalue weighted by molar-refractivity contribution is -0.671. The van der Waals surface area contributed by atoms with Crippen LogP contribution in [-0.2, 0) is 25.0 Å². The predicted octanol–water partition coefficient (Wildman–Crippen LogP) is 5.14. The lowest BCUT2D eigenvalue weighted by Gasteiger charge is -2.09. The van der Waals surface area contributed by atoms with Crippen molar-refractivity contribution >= 4 is 42.1 Å². The van der Waals surface area contributed by atoms with Gasteiger partial charge in [-0.2, -0.15) is 0 Å². The van der Waals surface area contributed by atoms with Crippen molar-refractivity contribution in [2.24, 2.45) is 7.05 Å². The van der Waals surface area contributed by atoms with Crippen LogP contribution in [0.25, 0.3) is 0 Å². The van der Waals surface area contributed by atoms with E-state index < -0.39 is 7.25 Å². The molecule has 0 saturated heterocycles. The summed E-state index contributed by atoms with van der Waals surface area (Å²) in [4.78, 5) is 12.1. The van der Waals surface area contributed by atoms with Crippen molar-refractivity contribution in [3.63, 3.8) is 0 Å². The van der Waals surface area contributed by atoms with E-state index in [4.69, 9.17) is 27.9 Å². The Kier molecular flexibility index (Phi) is 8.76. The monoisotopic (exact) mass is 477 g/mol. The van der Waals surface area contributed by atoms with Crippen molar-refractivity contribution < 1.29 is 31.4 Å². The number of hydrogen-bond donors (Lipinski definition) is 1. The maximum Gasteiger partial charge on any atom is 0.673 e. The topological polar surface area (TPSA) is 47.1 Å². The number of anilines is 1. The van der Waals surface area contributed by atoms with Crippen LogP contribution in [0.15, 0.2) is 61.2 Å². The van der Waals surface area contributed by atoms with Crippen LogP contribution in [0.5, 0.6) is 5.75 Å². The number of benzene rings is 2. The van der Waals surface area contributed by atoms with Crippen LogP contribution in [0.1, 0.15) is 5.56 Å². The lowest BCUT2D eigenvalue weighted by atomic mass is 10.2. The molecule has 2 aromatic carbocycles. The third-order valence-corrected chi connectivity index (χ3v) is 4.28. The molecule has 0 atom stereocenters. The van der Waals surface area contributed by atoms with E-state index in [1.54, 1.807) is 36.4 Å². The number of nitrogens with zero attached hydrogens (tertiary/aromatic N) is 2. The third-order valence-electron chi connectivity index (χ3n) is 3.70. The number of amides is 1. The molecule has 0 aliphatic rings. The van der Waals surface area contributed by atoms with Crippen LogP contribution in [0.4, 0.5) is 23.0 Å². The molecule has 31 heavy (non-hydrogen) atoms. The molecule has 3 aromatic rings. The van der Waals surface area contributed by atoms with Crippen LogP contribution in [0, 0.1) is 0 Å². The zero-order valence-corrected chi connectivity index (χ0v) is 17.8. The number of carbonyl (C=O) groups excluding carboxylic acids is 1. The van der Waals surface area contributed by atoms with Crippen molar-refractivity contribution in [3.05, 3.63) is 76.8 Å². The Labute approximate surface area is 186 Å². The fraction of sp³-hybridized carbons (Fsp3) is 0.158. The first-order valence-electron chi connectivity index (χ1n) is 8.84. The number of imidazole rings is 1. The summed E-state index contributed by atoms with van der Waals surface area (Å²) >= 11 is 12.0. The van der Waals surface area contributed by atoms with Gasteiger partial charge in [-0.25, -0.2) is 9.13 Å². The minimum Gasteiger partial charge on any atom is -0.489 e. The Morgan fingerprint density at radius 3 is 2.32 bits per heavy atom. The normalized spacial score (nSPS) is 10.8. The molecular formula is C19H18BCl2F4N3O2. The summed E-state index contributed by atoms with van der Waals surface area (Å²) in [6.07, 6.45) is 5.57. The molecule has 1 amide bonds. The second-order valence-electron chi connectivity index (χ2n) is 6.34. The van der Waals surface area contributed by atoms with Crippen molar-refractivity contribution in [2.75, 3.05) is 5.32 Å². The molecule has 0 unspecified atom stereocenters. The Morgan fingerprint density at radius 1 is 1.13 bits per heavy atom. The lowest BCUT2D eigenvalue weighted by Crippen LogP contribution is -2.25. The smallest absolute Gasteiger partial charge is 0.489 e. The van der Waals surface area contributed by atoms with E-state index in [9.17, 15) is 22.1 Å². The molecule has 0 radical (unpaired) electrons. The van der Waals surface area contributed by atoms with Crippen LogP contribution in [0.2, 0.25) is 10.0 Å². The number of rotatable bonds is 6. The van der Waals surface area contributed by atoms with E-state index in [2.05, 4.69) is 5.32 Å². The molecule has 0 saturated carbocycles. The Hall–Kier alpha value is -2.72. The first-order chi connectivity index (χ1) is 14.5. The van der Waals surface area contributed by atoms with E-state index in [1.807, 2.05) is 41.0 Å². The van der Waals surface area contributed by atoms with E-state index in [1.165, 1.54) is 0 Å². The summed E-state index contributed by atoms with van der Waals surface area (Å²) in [5.74, 6) is 0.592. The number of nitrogens with one attached hydrogen (secondary N) is 1. The number of aromatic nitrogens is 2. The zero-order chi connectivity index (χ0) is 23.0. The van der Waals surface area contributed by atoms with Gasteiger partial charge in [0.2, 0.25) is 6.33 Å². The molecule has 166 valence electrons. The molecule has 0 aliphatic carbocycles. The fourth-order valence-corrected chi connectivity index (χ4v) is 2.86. The summed E-state index contributed by atoms with van der Waals surface area (Å²) in [6.45, 7) is 0.598. The van der Waals surface area contributed by atoms with Gasteiger partial charge in [-0.15, -0.1) is 0 Å². The van der Waals surface area contributed by atoms with Gasteiger partial charge in [0.05, 0.1) is 7.05 Å². The standard InChI is InChI=1S/C19H17Cl2N3O2.BF4/c1-23-8-9-24(13-23)11-19(25)22-16-4-6-17(7-5-16)26-12-14-2-3-15(20)10-18(14)21;2-1(3,4)5/h2-10,13H,11-12H2,1H3;/q;-1/p+1. The molecule has 1 heterocycles. The molecule has 3 rings (SSSR count). The second kappa shape index (κ2) is 11.1. The highest BCUT2D eigenvalue weighted by Crippen LogP contribution is 2.23. The number of aryl methyl sites for hydroxylation is 1. The maximum absolute atomic E-state index is 12.1.